The molecule has 0 spiro atoms. The fourth-order valence-electron chi connectivity index (χ4n) is 2.33. The van der Waals surface area contributed by atoms with Crippen molar-refractivity contribution >= 4 is 5.91 Å². The molecule has 4 heteroatoms. The van der Waals surface area contributed by atoms with E-state index in [9.17, 15) is 9.90 Å². The molecule has 4 nitrogen and oxygen atoms in total. The van der Waals surface area contributed by atoms with Crippen molar-refractivity contribution < 1.29 is 9.90 Å². The fraction of sp³-hybridized carbons (Fsp3) is 0.769. The third-order valence-electron chi connectivity index (χ3n) is 3.37. The SMILES string of the molecule is C#CCNC(=O)C(C)NC1CCCCC1CO. The van der Waals surface area contributed by atoms with E-state index < -0.39 is 0 Å². The molecule has 17 heavy (non-hydrogen) atoms. The molecule has 1 saturated carbocycles. The van der Waals surface area contributed by atoms with Gasteiger partial charge in [-0.1, -0.05) is 18.8 Å². The van der Waals surface area contributed by atoms with Crippen molar-refractivity contribution in [1.82, 2.24) is 10.6 Å². The Bertz CT molecular complexity index is 286. The molecule has 3 atom stereocenters. The number of rotatable bonds is 5. The zero-order valence-electron chi connectivity index (χ0n) is 10.4. The minimum Gasteiger partial charge on any atom is -0.396 e. The summed E-state index contributed by atoms with van der Waals surface area (Å²) in [5.41, 5.74) is 0. The molecule has 96 valence electrons. The number of terminal acetylenes is 1. The minimum absolute atomic E-state index is 0.0785. The summed E-state index contributed by atoms with van der Waals surface area (Å²) < 4.78 is 0. The summed E-state index contributed by atoms with van der Waals surface area (Å²) in [5.74, 6) is 2.57. The Kier molecular flexibility index (Phi) is 6.03. The van der Waals surface area contributed by atoms with Crippen molar-refractivity contribution in [1.29, 1.82) is 0 Å². The molecule has 0 aliphatic heterocycles. The number of aliphatic hydroxyl groups is 1. The van der Waals surface area contributed by atoms with Crippen LogP contribution in [0, 0.1) is 18.3 Å². The van der Waals surface area contributed by atoms with Gasteiger partial charge in [-0.15, -0.1) is 6.42 Å². The smallest absolute Gasteiger partial charge is 0.237 e. The Balaban J connectivity index is 2.40. The fourth-order valence-corrected chi connectivity index (χ4v) is 2.33. The number of amides is 1. The van der Waals surface area contributed by atoms with Crippen molar-refractivity contribution in [3.05, 3.63) is 0 Å². The monoisotopic (exact) mass is 238 g/mol. The lowest BCUT2D eigenvalue weighted by Crippen LogP contribution is -2.50. The Morgan fingerprint density at radius 2 is 2.24 bits per heavy atom. The summed E-state index contributed by atoms with van der Waals surface area (Å²) >= 11 is 0. The molecule has 0 bridgehead atoms. The van der Waals surface area contributed by atoms with Crippen LogP contribution in [0.4, 0.5) is 0 Å². The average molecular weight is 238 g/mol. The number of aliphatic hydroxyl groups excluding tert-OH is 1. The van der Waals surface area contributed by atoms with Gasteiger partial charge in [0.15, 0.2) is 0 Å². The predicted octanol–water partition coefficient (Wildman–Crippen LogP) is 0.265. The van der Waals surface area contributed by atoms with Crippen LogP contribution >= 0.6 is 0 Å². The van der Waals surface area contributed by atoms with Gasteiger partial charge in [0, 0.05) is 12.6 Å². The van der Waals surface area contributed by atoms with Crippen LogP contribution in [-0.4, -0.2) is 36.2 Å². The van der Waals surface area contributed by atoms with Gasteiger partial charge in [-0.2, -0.15) is 0 Å². The van der Waals surface area contributed by atoms with Crippen molar-refractivity contribution in [3.8, 4) is 12.3 Å². The standard InChI is InChI=1S/C13H22N2O2/c1-3-8-14-13(17)10(2)15-12-7-5-4-6-11(12)9-16/h1,10-12,15-16H,4-9H2,2H3,(H,14,17). The van der Waals surface area contributed by atoms with E-state index in [2.05, 4.69) is 16.6 Å². The van der Waals surface area contributed by atoms with Crippen LogP contribution in [0.25, 0.3) is 0 Å². The summed E-state index contributed by atoms with van der Waals surface area (Å²) in [6.07, 6.45) is 9.47. The number of hydrogen-bond acceptors (Lipinski definition) is 3. The molecule has 1 aliphatic carbocycles. The van der Waals surface area contributed by atoms with Crippen LogP contribution in [-0.2, 0) is 4.79 Å². The van der Waals surface area contributed by atoms with Crippen LogP contribution in [0.3, 0.4) is 0 Å². The van der Waals surface area contributed by atoms with E-state index >= 15 is 0 Å². The average Bonchev–Trinajstić information content (AvgIpc) is 2.36. The van der Waals surface area contributed by atoms with E-state index in [1.807, 2.05) is 6.92 Å². The molecule has 0 aromatic rings. The van der Waals surface area contributed by atoms with E-state index in [1.54, 1.807) is 0 Å². The first-order chi connectivity index (χ1) is 8.19. The van der Waals surface area contributed by atoms with Crippen molar-refractivity contribution in [2.45, 2.75) is 44.7 Å². The molecule has 1 rings (SSSR count). The Hall–Kier alpha value is -1.05. The molecular formula is C13H22N2O2. The third-order valence-corrected chi connectivity index (χ3v) is 3.37. The van der Waals surface area contributed by atoms with Crippen LogP contribution in [0.5, 0.6) is 0 Å². The first-order valence-corrected chi connectivity index (χ1v) is 6.27. The van der Waals surface area contributed by atoms with Gasteiger partial charge in [0.2, 0.25) is 5.91 Å². The van der Waals surface area contributed by atoms with Crippen LogP contribution in [0.1, 0.15) is 32.6 Å². The molecule has 0 radical (unpaired) electrons. The summed E-state index contributed by atoms with van der Waals surface area (Å²) in [5, 5.41) is 15.2. The predicted molar refractivity (Wildman–Crippen MR) is 67.3 cm³/mol. The number of carbonyl (C=O) groups is 1. The highest BCUT2D eigenvalue weighted by molar-refractivity contribution is 5.81. The number of carbonyl (C=O) groups excluding carboxylic acids is 1. The van der Waals surface area contributed by atoms with Gasteiger partial charge in [0.05, 0.1) is 12.6 Å². The second kappa shape index (κ2) is 7.31. The van der Waals surface area contributed by atoms with Gasteiger partial charge in [-0.25, -0.2) is 0 Å². The highest BCUT2D eigenvalue weighted by Gasteiger charge is 2.26. The second-order valence-corrected chi connectivity index (χ2v) is 4.64. The van der Waals surface area contributed by atoms with Crippen molar-refractivity contribution in [2.24, 2.45) is 5.92 Å². The maximum Gasteiger partial charge on any atom is 0.237 e. The minimum atomic E-state index is -0.263. The van der Waals surface area contributed by atoms with E-state index in [1.165, 1.54) is 6.42 Å². The van der Waals surface area contributed by atoms with Gasteiger partial charge >= 0.3 is 0 Å². The van der Waals surface area contributed by atoms with Crippen LogP contribution < -0.4 is 10.6 Å². The molecule has 1 aliphatic rings. The topological polar surface area (TPSA) is 61.4 Å². The lowest BCUT2D eigenvalue weighted by molar-refractivity contribution is -0.122. The summed E-state index contributed by atoms with van der Waals surface area (Å²) in [6, 6.07) is -0.0270. The highest BCUT2D eigenvalue weighted by Crippen LogP contribution is 2.24. The maximum atomic E-state index is 11.6. The lowest BCUT2D eigenvalue weighted by Gasteiger charge is -2.32. The van der Waals surface area contributed by atoms with Gasteiger partial charge in [-0.3, -0.25) is 4.79 Å². The number of nitrogens with one attached hydrogen (secondary N) is 2. The molecule has 0 aromatic carbocycles. The van der Waals surface area contributed by atoms with Gasteiger partial charge < -0.3 is 15.7 Å². The van der Waals surface area contributed by atoms with E-state index in [4.69, 9.17) is 6.42 Å². The molecule has 1 amide bonds. The molecule has 3 unspecified atom stereocenters. The zero-order valence-corrected chi connectivity index (χ0v) is 10.4. The molecule has 3 N–H and O–H groups in total. The molecule has 0 heterocycles. The summed E-state index contributed by atoms with van der Waals surface area (Å²) in [7, 11) is 0. The Morgan fingerprint density at radius 3 is 2.88 bits per heavy atom. The zero-order chi connectivity index (χ0) is 12.7. The largest absolute Gasteiger partial charge is 0.396 e. The summed E-state index contributed by atoms with van der Waals surface area (Å²) in [6.45, 7) is 2.28. The quantitative estimate of drug-likeness (QED) is 0.602. The first kappa shape index (κ1) is 14.0. The molecule has 0 saturated heterocycles. The number of hydrogen-bond donors (Lipinski definition) is 3. The van der Waals surface area contributed by atoms with Crippen LogP contribution in [0.2, 0.25) is 0 Å². The van der Waals surface area contributed by atoms with E-state index in [-0.39, 0.29) is 37.1 Å². The molecule has 1 fully saturated rings. The lowest BCUT2D eigenvalue weighted by atomic mass is 9.84. The Labute approximate surface area is 103 Å². The highest BCUT2D eigenvalue weighted by atomic mass is 16.3. The second-order valence-electron chi connectivity index (χ2n) is 4.64. The van der Waals surface area contributed by atoms with Gasteiger partial charge in [0.25, 0.3) is 0 Å². The normalized spacial score (nSPS) is 25.9. The van der Waals surface area contributed by atoms with E-state index in [0.29, 0.717) is 0 Å². The van der Waals surface area contributed by atoms with Gasteiger partial charge in [0.1, 0.15) is 0 Å². The van der Waals surface area contributed by atoms with Gasteiger partial charge in [-0.05, 0) is 25.7 Å². The Morgan fingerprint density at radius 1 is 1.53 bits per heavy atom. The van der Waals surface area contributed by atoms with E-state index in [0.717, 1.165) is 19.3 Å². The summed E-state index contributed by atoms with van der Waals surface area (Å²) in [4.78, 5) is 11.6. The third kappa shape index (κ3) is 4.37. The molecular weight excluding hydrogens is 216 g/mol. The molecule has 0 aromatic heterocycles. The van der Waals surface area contributed by atoms with Crippen molar-refractivity contribution in [3.63, 3.8) is 0 Å². The van der Waals surface area contributed by atoms with Crippen molar-refractivity contribution in [2.75, 3.05) is 13.2 Å². The maximum absolute atomic E-state index is 11.6. The van der Waals surface area contributed by atoms with Crippen LogP contribution in [0.15, 0.2) is 0 Å². The first-order valence-electron chi connectivity index (χ1n) is 6.27.